The molecule has 0 saturated heterocycles. The summed E-state index contributed by atoms with van der Waals surface area (Å²) in [4.78, 5) is 22.7. The molecule has 8 heteroatoms. The van der Waals surface area contributed by atoms with Crippen LogP contribution >= 0.6 is 0 Å². The summed E-state index contributed by atoms with van der Waals surface area (Å²) in [6.45, 7) is 0. The van der Waals surface area contributed by atoms with Gasteiger partial charge >= 0.3 is 12.0 Å². The van der Waals surface area contributed by atoms with Gasteiger partial charge in [0, 0.05) is 0 Å². The number of carbonyl (C=O) groups excluding carboxylic acids is 2. The van der Waals surface area contributed by atoms with E-state index in [2.05, 4.69) is 10.5 Å². The number of primary amides is 1. The molecule has 130 valence electrons. The molecule has 0 aromatic heterocycles. The summed E-state index contributed by atoms with van der Waals surface area (Å²) in [6, 6.07) is 10.5. The van der Waals surface area contributed by atoms with E-state index in [1.165, 1.54) is 26.5 Å². The monoisotopic (exact) mass is 343 g/mol. The van der Waals surface area contributed by atoms with Gasteiger partial charge in [-0.3, -0.25) is 0 Å². The maximum Gasteiger partial charge on any atom is 0.343 e. The molecule has 2 aromatic rings. The summed E-state index contributed by atoms with van der Waals surface area (Å²) in [6.07, 6.45) is 1.41. The van der Waals surface area contributed by atoms with Crippen LogP contribution < -0.4 is 25.4 Å². The van der Waals surface area contributed by atoms with Crippen LogP contribution in [-0.2, 0) is 0 Å². The van der Waals surface area contributed by atoms with E-state index in [9.17, 15) is 9.59 Å². The van der Waals surface area contributed by atoms with Gasteiger partial charge in [0.15, 0.2) is 11.5 Å². The van der Waals surface area contributed by atoms with E-state index in [4.69, 9.17) is 19.9 Å². The van der Waals surface area contributed by atoms with E-state index < -0.39 is 12.0 Å². The standard InChI is InChI=1S/C17H17N3O5/c1-23-14-8-5-12(9-15(14)24-2)16(21)25-13-6-3-11(4-7-13)10-19-20-17(18)22/h3-10H,1-2H3,(H3,18,20,22). The Labute approximate surface area is 144 Å². The molecule has 0 aliphatic carbocycles. The van der Waals surface area contributed by atoms with Crippen LogP contribution in [-0.4, -0.2) is 32.4 Å². The Morgan fingerprint density at radius 1 is 1.04 bits per heavy atom. The van der Waals surface area contributed by atoms with Crippen molar-refractivity contribution in [2.45, 2.75) is 0 Å². The zero-order valence-corrected chi connectivity index (χ0v) is 13.7. The number of nitrogens with two attached hydrogens (primary N) is 1. The van der Waals surface area contributed by atoms with Crippen LogP contribution in [0.2, 0.25) is 0 Å². The Morgan fingerprint density at radius 2 is 1.72 bits per heavy atom. The van der Waals surface area contributed by atoms with Crippen LogP contribution in [0.15, 0.2) is 47.6 Å². The Hall–Kier alpha value is -3.55. The maximum atomic E-state index is 12.2. The molecule has 0 aliphatic heterocycles. The van der Waals surface area contributed by atoms with Gasteiger partial charge in [0.05, 0.1) is 26.0 Å². The zero-order chi connectivity index (χ0) is 18.2. The number of benzene rings is 2. The molecule has 25 heavy (non-hydrogen) atoms. The lowest BCUT2D eigenvalue weighted by Crippen LogP contribution is -2.24. The number of esters is 1. The van der Waals surface area contributed by atoms with Crippen LogP contribution in [0.5, 0.6) is 17.2 Å². The Balaban J connectivity index is 2.05. The van der Waals surface area contributed by atoms with E-state index in [1.807, 2.05) is 0 Å². The summed E-state index contributed by atoms with van der Waals surface area (Å²) in [5.74, 6) is 0.787. The number of urea groups is 1. The number of nitrogens with zero attached hydrogens (tertiary/aromatic N) is 1. The zero-order valence-electron chi connectivity index (χ0n) is 13.7. The van der Waals surface area contributed by atoms with Crippen molar-refractivity contribution in [3.8, 4) is 17.2 Å². The minimum atomic E-state index is -0.753. The summed E-state index contributed by atoms with van der Waals surface area (Å²) in [5.41, 5.74) is 8.00. The van der Waals surface area contributed by atoms with Crippen molar-refractivity contribution >= 4 is 18.2 Å². The lowest BCUT2D eigenvalue weighted by Gasteiger charge is -2.09. The third-order valence-corrected chi connectivity index (χ3v) is 3.10. The highest BCUT2D eigenvalue weighted by Crippen LogP contribution is 2.28. The quantitative estimate of drug-likeness (QED) is 0.360. The molecule has 0 aliphatic rings. The normalized spacial score (nSPS) is 10.3. The number of carbonyl (C=O) groups is 2. The molecule has 0 saturated carbocycles. The fraction of sp³-hybridized carbons (Fsp3) is 0.118. The molecule has 0 fully saturated rings. The second kappa shape index (κ2) is 8.34. The molecule has 8 nitrogen and oxygen atoms in total. The first kappa shape index (κ1) is 17.8. The van der Waals surface area contributed by atoms with E-state index in [0.29, 0.717) is 28.4 Å². The van der Waals surface area contributed by atoms with Crippen molar-refractivity contribution in [3.63, 3.8) is 0 Å². The van der Waals surface area contributed by atoms with Crippen LogP contribution in [0.25, 0.3) is 0 Å². The average molecular weight is 343 g/mol. The smallest absolute Gasteiger partial charge is 0.343 e. The molecule has 0 unspecified atom stereocenters. The van der Waals surface area contributed by atoms with Gasteiger partial charge in [-0.15, -0.1) is 0 Å². The van der Waals surface area contributed by atoms with Gasteiger partial charge in [0.25, 0.3) is 0 Å². The molecule has 0 bridgehead atoms. The second-order valence-electron chi connectivity index (χ2n) is 4.76. The molecule has 0 spiro atoms. The Bertz CT molecular complexity index is 787. The highest BCUT2D eigenvalue weighted by molar-refractivity contribution is 5.92. The fourth-order valence-corrected chi connectivity index (χ4v) is 1.92. The average Bonchev–Trinajstić information content (AvgIpc) is 2.62. The minimum Gasteiger partial charge on any atom is -0.493 e. The summed E-state index contributed by atoms with van der Waals surface area (Å²) >= 11 is 0. The summed E-state index contributed by atoms with van der Waals surface area (Å²) in [7, 11) is 3.00. The molecule has 0 radical (unpaired) electrons. The number of ether oxygens (including phenoxy) is 3. The number of hydrogen-bond donors (Lipinski definition) is 2. The van der Waals surface area contributed by atoms with Crippen molar-refractivity contribution in [2.75, 3.05) is 14.2 Å². The maximum absolute atomic E-state index is 12.2. The predicted molar refractivity (Wildman–Crippen MR) is 91.3 cm³/mol. The van der Waals surface area contributed by atoms with Crippen molar-refractivity contribution in [1.82, 2.24) is 5.43 Å². The van der Waals surface area contributed by atoms with Crippen LogP contribution in [0.4, 0.5) is 4.79 Å². The molecule has 0 heterocycles. The molecule has 0 atom stereocenters. The number of nitrogens with one attached hydrogen (secondary N) is 1. The Kier molecular flexibility index (Phi) is 5.94. The summed E-state index contributed by atoms with van der Waals surface area (Å²) < 4.78 is 15.6. The molecule has 2 rings (SSSR count). The van der Waals surface area contributed by atoms with Crippen LogP contribution in [0, 0.1) is 0 Å². The van der Waals surface area contributed by atoms with Crippen molar-refractivity contribution in [1.29, 1.82) is 0 Å². The predicted octanol–water partition coefficient (Wildman–Crippen LogP) is 1.93. The second-order valence-corrected chi connectivity index (χ2v) is 4.76. The van der Waals surface area contributed by atoms with Gasteiger partial charge in [-0.1, -0.05) is 0 Å². The molecular formula is C17H17N3O5. The minimum absolute atomic E-state index is 0.328. The highest BCUT2D eigenvalue weighted by Gasteiger charge is 2.12. The van der Waals surface area contributed by atoms with Crippen LogP contribution in [0.3, 0.4) is 0 Å². The molecule has 3 N–H and O–H groups in total. The molecular weight excluding hydrogens is 326 g/mol. The van der Waals surface area contributed by atoms with E-state index >= 15 is 0 Å². The van der Waals surface area contributed by atoms with Gasteiger partial charge in [-0.05, 0) is 48.0 Å². The molecule has 2 aromatic carbocycles. The number of methoxy groups -OCH3 is 2. The largest absolute Gasteiger partial charge is 0.493 e. The first-order valence-corrected chi connectivity index (χ1v) is 7.16. The van der Waals surface area contributed by atoms with Crippen LogP contribution in [0.1, 0.15) is 15.9 Å². The van der Waals surface area contributed by atoms with Crippen molar-refractivity contribution in [3.05, 3.63) is 53.6 Å². The van der Waals surface area contributed by atoms with Gasteiger partial charge in [0.1, 0.15) is 5.75 Å². The molecule has 2 amide bonds. The van der Waals surface area contributed by atoms with Gasteiger partial charge in [-0.25, -0.2) is 15.0 Å². The third-order valence-electron chi connectivity index (χ3n) is 3.10. The summed E-state index contributed by atoms with van der Waals surface area (Å²) in [5, 5.41) is 3.63. The third kappa shape index (κ3) is 4.96. The first-order valence-electron chi connectivity index (χ1n) is 7.16. The van der Waals surface area contributed by atoms with Gasteiger partial charge in [0.2, 0.25) is 0 Å². The number of hydrazone groups is 1. The van der Waals surface area contributed by atoms with Gasteiger partial charge < -0.3 is 19.9 Å². The number of rotatable bonds is 6. The lowest BCUT2D eigenvalue weighted by atomic mass is 10.2. The topological polar surface area (TPSA) is 112 Å². The SMILES string of the molecule is COc1ccc(C(=O)Oc2ccc(C=NNC(N)=O)cc2)cc1OC. The van der Waals surface area contributed by atoms with E-state index in [-0.39, 0.29) is 0 Å². The van der Waals surface area contributed by atoms with Crippen molar-refractivity contribution < 1.29 is 23.8 Å². The van der Waals surface area contributed by atoms with Gasteiger partial charge in [-0.2, -0.15) is 5.10 Å². The fourth-order valence-electron chi connectivity index (χ4n) is 1.92. The Morgan fingerprint density at radius 3 is 2.32 bits per heavy atom. The lowest BCUT2D eigenvalue weighted by molar-refractivity contribution is 0.0734. The van der Waals surface area contributed by atoms with E-state index in [0.717, 1.165) is 0 Å². The number of amides is 2. The van der Waals surface area contributed by atoms with Crippen molar-refractivity contribution in [2.24, 2.45) is 10.8 Å². The highest BCUT2D eigenvalue weighted by atomic mass is 16.5. The van der Waals surface area contributed by atoms with E-state index in [1.54, 1.807) is 36.4 Å². The number of hydrogen-bond acceptors (Lipinski definition) is 6. The first-order chi connectivity index (χ1) is 12.0.